The van der Waals surface area contributed by atoms with E-state index in [1.54, 1.807) is 6.20 Å². The van der Waals surface area contributed by atoms with Crippen molar-refractivity contribution in [3.05, 3.63) is 17.5 Å². The second-order valence-electron chi connectivity index (χ2n) is 4.45. The lowest BCUT2D eigenvalue weighted by Crippen LogP contribution is -2.38. The number of aryl methyl sites for hydroxylation is 2. The van der Waals surface area contributed by atoms with Crippen LogP contribution < -0.4 is 10.6 Å². The van der Waals surface area contributed by atoms with Gasteiger partial charge in [-0.3, -0.25) is 5.10 Å². The molecule has 5 N–H and O–H groups in total. The molecule has 1 aromatic heterocycles. The Hall–Kier alpha value is -2.09. The maximum absolute atomic E-state index is 11.4. The number of nitrogens with one attached hydrogen (secondary N) is 3. The molecule has 0 unspecified atom stereocenters. The van der Waals surface area contributed by atoms with Crippen molar-refractivity contribution in [2.45, 2.75) is 32.3 Å². The first-order valence-corrected chi connectivity index (χ1v) is 6.42. The maximum atomic E-state index is 11.4. The van der Waals surface area contributed by atoms with E-state index in [1.165, 1.54) is 0 Å². The van der Waals surface area contributed by atoms with E-state index in [-0.39, 0.29) is 19.0 Å². The van der Waals surface area contributed by atoms with Crippen molar-refractivity contribution in [1.29, 1.82) is 0 Å². The number of hydrogen-bond donors (Lipinski definition) is 5. The van der Waals surface area contributed by atoms with Crippen LogP contribution in [0.2, 0.25) is 0 Å². The molecular formula is C12H20N4O4. The Kier molecular flexibility index (Phi) is 6.51. The lowest BCUT2D eigenvalue weighted by Gasteiger charge is -2.08. The highest BCUT2D eigenvalue weighted by Gasteiger charge is 2.12. The van der Waals surface area contributed by atoms with Gasteiger partial charge in [0, 0.05) is 25.2 Å². The molecule has 0 fully saturated rings. The van der Waals surface area contributed by atoms with Crippen molar-refractivity contribution < 1.29 is 19.8 Å². The van der Waals surface area contributed by atoms with Crippen molar-refractivity contribution in [3.63, 3.8) is 0 Å². The second-order valence-corrected chi connectivity index (χ2v) is 4.45. The minimum absolute atomic E-state index is 0.0169. The number of carbonyl (C=O) groups is 2. The summed E-state index contributed by atoms with van der Waals surface area (Å²) in [4.78, 5) is 21.7. The summed E-state index contributed by atoms with van der Waals surface area (Å²) in [7, 11) is 0. The Morgan fingerprint density at radius 3 is 2.70 bits per heavy atom. The van der Waals surface area contributed by atoms with E-state index in [9.17, 15) is 9.59 Å². The van der Waals surface area contributed by atoms with Crippen LogP contribution in [0.5, 0.6) is 0 Å². The highest BCUT2D eigenvalue weighted by molar-refractivity contribution is 5.74. The molecule has 8 nitrogen and oxygen atoms in total. The van der Waals surface area contributed by atoms with Crippen LogP contribution in [0.15, 0.2) is 6.20 Å². The smallest absolute Gasteiger partial charge is 0.332 e. The van der Waals surface area contributed by atoms with Crippen molar-refractivity contribution in [1.82, 2.24) is 20.8 Å². The Labute approximate surface area is 116 Å². The molecule has 2 amide bonds. The highest BCUT2D eigenvalue weighted by Crippen LogP contribution is 2.04. The zero-order valence-corrected chi connectivity index (χ0v) is 11.3. The van der Waals surface area contributed by atoms with Crippen molar-refractivity contribution in [3.8, 4) is 0 Å². The molecule has 0 saturated carbocycles. The van der Waals surface area contributed by atoms with Crippen LogP contribution in [0, 0.1) is 6.92 Å². The van der Waals surface area contributed by atoms with Gasteiger partial charge in [0.15, 0.2) is 6.10 Å². The van der Waals surface area contributed by atoms with Gasteiger partial charge in [-0.2, -0.15) is 5.10 Å². The van der Waals surface area contributed by atoms with E-state index in [1.807, 2.05) is 6.92 Å². The number of carboxylic acid groups (broad SMARTS) is 1. The average Bonchev–Trinajstić information content (AvgIpc) is 2.80. The van der Waals surface area contributed by atoms with Gasteiger partial charge in [0.25, 0.3) is 0 Å². The Morgan fingerprint density at radius 1 is 1.40 bits per heavy atom. The normalized spacial score (nSPS) is 11.9. The van der Waals surface area contributed by atoms with Gasteiger partial charge in [-0.25, -0.2) is 9.59 Å². The third-order valence-electron chi connectivity index (χ3n) is 2.83. The summed E-state index contributed by atoms with van der Waals surface area (Å²) in [6.45, 7) is 2.56. The summed E-state index contributed by atoms with van der Waals surface area (Å²) in [5.74, 6) is -1.29. The largest absolute Gasteiger partial charge is 0.479 e. The van der Waals surface area contributed by atoms with Gasteiger partial charge >= 0.3 is 12.0 Å². The summed E-state index contributed by atoms with van der Waals surface area (Å²) < 4.78 is 0. The summed E-state index contributed by atoms with van der Waals surface area (Å²) in [6, 6.07) is -0.369. The minimum Gasteiger partial charge on any atom is -0.479 e. The van der Waals surface area contributed by atoms with Gasteiger partial charge < -0.3 is 20.8 Å². The first kappa shape index (κ1) is 16.0. The SMILES string of the molecule is Cc1[nH]ncc1CCCNC(=O)NCC[C@H](O)C(=O)O. The number of carbonyl (C=O) groups excluding carboxylic acids is 1. The van der Waals surface area contributed by atoms with E-state index in [2.05, 4.69) is 20.8 Å². The molecule has 0 aliphatic rings. The Balaban J connectivity index is 2.06. The van der Waals surface area contributed by atoms with Gasteiger partial charge in [0.1, 0.15) is 0 Å². The first-order chi connectivity index (χ1) is 9.50. The van der Waals surface area contributed by atoms with Crippen LogP contribution in [0.25, 0.3) is 0 Å². The number of hydrogen-bond acceptors (Lipinski definition) is 4. The topological polar surface area (TPSA) is 127 Å². The fraction of sp³-hybridized carbons (Fsp3) is 0.583. The van der Waals surface area contributed by atoms with Gasteiger partial charge in [-0.15, -0.1) is 0 Å². The fourth-order valence-electron chi connectivity index (χ4n) is 1.62. The van der Waals surface area contributed by atoms with Crippen LogP contribution in [-0.4, -0.2) is 51.6 Å². The molecule has 1 rings (SSSR count). The maximum Gasteiger partial charge on any atom is 0.332 e. The molecule has 0 bridgehead atoms. The summed E-state index contributed by atoms with van der Waals surface area (Å²) in [5.41, 5.74) is 2.15. The number of aliphatic carboxylic acids is 1. The zero-order valence-electron chi connectivity index (χ0n) is 11.3. The standard InChI is InChI=1S/C12H20N4O4/c1-8-9(7-15-16-8)3-2-5-13-12(20)14-6-4-10(17)11(18)19/h7,10,17H,2-6H2,1H3,(H,15,16)(H,18,19)(H2,13,14,20)/t10-/m0/s1. The molecule has 1 atom stereocenters. The minimum atomic E-state index is -1.45. The van der Waals surface area contributed by atoms with Crippen molar-refractivity contribution >= 4 is 12.0 Å². The molecule has 0 aliphatic heterocycles. The van der Waals surface area contributed by atoms with E-state index in [0.29, 0.717) is 6.54 Å². The predicted molar refractivity (Wildman–Crippen MR) is 71.3 cm³/mol. The van der Waals surface area contributed by atoms with Crippen LogP contribution in [0.3, 0.4) is 0 Å². The first-order valence-electron chi connectivity index (χ1n) is 6.42. The van der Waals surface area contributed by atoms with Crippen LogP contribution in [-0.2, 0) is 11.2 Å². The Morgan fingerprint density at radius 2 is 2.10 bits per heavy atom. The van der Waals surface area contributed by atoms with Crippen molar-refractivity contribution in [2.75, 3.05) is 13.1 Å². The average molecular weight is 284 g/mol. The number of urea groups is 1. The molecule has 0 aromatic carbocycles. The molecule has 0 spiro atoms. The third-order valence-corrected chi connectivity index (χ3v) is 2.83. The fourth-order valence-corrected chi connectivity index (χ4v) is 1.62. The van der Waals surface area contributed by atoms with E-state index in [0.717, 1.165) is 24.1 Å². The Bertz CT molecular complexity index is 446. The van der Waals surface area contributed by atoms with Gasteiger partial charge in [0.05, 0.1) is 6.20 Å². The molecule has 0 aliphatic carbocycles. The molecule has 8 heteroatoms. The molecule has 1 aromatic rings. The number of H-pyrrole nitrogens is 1. The predicted octanol–water partition coefficient (Wildman–Crippen LogP) is -0.214. The summed E-state index contributed by atoms with van der Waals surface area (Å²) in [5, 5.41) is 29.3. The lowest BCUT2D eigenvalue weighted by molar-refractivity contribution is -0.146. The molecule has 1 heterocycles. The number of aliphatic hydroxyl groups is 1. The number of carboxylic acids is 1. The van der Waals surface area contributed by atoms with Gasteiger partial charge in [-0.1, -0.05) is 0 Å². The van der Waals surface area contributed by atoms with E-state index >= 15 is 0 Å². The summed E-state index contributed by atoms with van der Waals surface area (Å²) in [6.07, 6.45) is 1.91. The second kappa shape index (κ2) is 8.16. The highest BCUT2D eigenvalue weighted by atomic mass is 16.4. The monoisotopic (exact) mass is 284 g/mol. The number of rotatable bonds is 8. The van der Waals surface area contributed by atoms with Crippen LogP contribution >= 0.6 is 0 Å². The zero-order chi connectivity index (χ0) is 15.0. The molecule has 112 valence electrons. The van der Waals surface area contributed by atoms with E-state index in [4.69, 9.17) is 10.2 Å². The van der Waals surface area contributed by atoms with Gasteiger partial charge in [0.2, 0.25) is 0 Å². The number of aromatic nitrogens is 2. The van der Waals surface area contributed by atoms with Crippen LogP contribution in [0.4, 0.5) is 4.79 Å². The third kappa shape index (κ3) is 5.70. The molecule has 20 heavy (non-hydrogen) atoms. The van der Waals surface area contributed by atoms with E-state index < -0.39 is 12.1 Å². The lowest BCUT2D eigenvalue weighted by atomic mass is 10.1. The quantitative estimate of drug-likeness (QED) is 0.422. The molecule has 0 radical (unpaired) electrons. The van der Waals surface area contributed by atoms with Crippen molar-refractivity contribution in [2.24, 2.45) is 0 Å². The number of aliphatic hydroxyl groups excluding tert-OH is 1. The molecule has 0 saturated heterocycles. The van der Waals surface area contributed by atoms with Gasteiger partial charge in [-0.05, 0) is 25.3 Å². The number of nitrogens with zero attached hydrogens (tertiary/aromatic N) is 1. The van der Waals surface area contributed by atoms with Crippen LogP contribution in [0.1, 0.15) is 24.1 Å². The number of aromatic amines is 1. The summed E-state index contributed by atoms with van der Waals surface area (Å²) >= 11 is 0. The molecular weight excluding hydrogens is 264 g/mol. The number of amides is 2.